The van der Waals surface area contributed by atoms with Crippen LogP contribution < -0.4 is 16.2 Å². The molecule has 0 unspecified atom stereocenters. The van der Waals surface area contributed by atoms with Crippen LogP contribution in [-0.4, -0.2) is 21.0 Å². The summed E-state index contributed by atoms with van der Waals surface area (Å²) in [6.07, 6.45) is 0. The molecule has 0 saturated heterocycles. The number of nitrogens with one attached hydrogen (secondary N) is 4. The van der Waals surface area contributed by atoms with Gasteiger partial charge in [0.1, 0.15) is 0 Å². The fraction of sp³-hybridized carbons (Fsp3) is 0.0625. The van der Waals surface area contributed by atoms with E-state index >= 15 is 0 Å². The number of benzene rings is 2. The zero-order chi connectivity index (χ0) is 16.2. The average Bonchev–Trinajstić information content (AvgIpc) is 2.96. The van der Waals surface area contributed by atoms with Gasteiger partial charge >= 0.3 is 0 Å². The number of hydrogen-bond donors (Lipinski definition) is 4. The van der Waals surface area contributed by atoms with Crippen LogP contribution in [0.5, 0.6) is 0 Å². The minimum Gasteiger partial charge on any atom is -0.323 e. The van der Waals surface area contributed by atoms with E-state index in [1.807, 2.05) is 43.3 Å². The Balaban J connectivity index is 1.56. The third-order valence-electron chi connectivity index (χ3n) is 3.22. The quantitative estimate of drug-likeness (QED) is 0.439. The first-order valence-electron chi connectivity index (χ1n) is 7.00. The number of aromatic nitrogens is 2. The summed E-state index contributed by atoms with van der Waals surface area (Å²) in [7, 11) is 0. The van der Waals surface area contributed by atoms with Crippen molar-refractivity contribution in [2.45, 2.75) is 6.92 Å². The minimum absolute atomic E-state index is 0.163. The smallest absolute Gasteiger partial charge is 0.257 e. The van der Waals surface area contributed by atoms with E-state index in [1.165, 1.54) is 0 Å². The molecule has 1 amide bonds. The molecule has 7 heteroatoms. The Labute approximate surface area is 138 Å². The Kier molecular flexibility index (Phi) is 4.20. The number of rotatable bonds is 3. The van der Waals surface area contributed by atoms with Crippen molar-refractivity contribution in [3.63, 3.8) is 0 Å². The van der Waals surface area contributed by atoms with Gasteiger partial charge in [-0.15, -0.1) is 0 Å². The standard InChI is InChI=1S/C16H15N5OS/c1-10-6-8-11(9-7-10)14(22)19-16(23)21-20-15-17-12-4-2-3-5-13(12)18-15/h2-9H,1H3,(H2,17,18,20)(H2,19,21,22,23). The number of amides is 1. The monoisotopic (exact) mass is 325 g/mol. The highest BCUT2D eigenvalue weighted by atomic mass is 32.1. The Morgan fingerprint density at radius 3 is 2.61 bits per heavy atom. The van der Waals surface area contributed by atoms with Crippen molar-refractivity contribution in [1.82, 2.24) is 20.7 Å². The van der Waals surface area contributed by atoms with E-state index < -0.39 is 0 Å². The van der Waals surface area contributed by atoms with E-state index in [2.05, 4.69) is 26.1 Å². The Morgan fingerprint density at radius 2 is 1.87 bits per heavy atom. The van der Waals surface area contributed by atoms with E-state index in [0.717, 1.165) is 16.6 Å². The number of carbonyl (C=O) groups is 1. The maximum atomic E-state index is 12.0. The first-order valence-corrected chi connectivity index (χ1v) is 7.41. The van der Waals surface area contributed by atoms with E-state index in [9.17, 15) is 4.79 Å². The highest BCUT2D eigenvalue weighted by molar-refractivity contribution is 7.80. The number of fused-ring (bicyclic) bond motifs is 1. The summed E-state index contributed by atoms with van der Waals surface area (Å²) in [4.78, 5) is 19.4. The minimum atomic E-state index is -0.270. The molecule has 6 nitrogen and oxygen atoms in total. The molecule has 0 spiro atoms. The number of carbonyl (C=O) groups excluding carboxylic acids is 1. The summed E-state index contributed by atoms with van der Waals surface area (Å²) < 4.78 is 0. The van der Waals surface area contributed by atoms with Gasteiger partial charge in [0.25, 0.3) is 5.91 Å². The molecule has 0 aliphatic heterocycles. The van der Waals surface area contributed by atoms with Gasteiger partial charge in [-0.05, 0) is 43.4 Å². The van der Waals surface area contributed by atoms with Crippen LogP contribution in [-0.2, 0) is 0 Å². The Hall–Kier alpha value is -2.93. The van der Waals surface area contributed by atoms with E-state index in [1.54, 1.807) is 12.1 Å². The van der Waals surface area contributed by atoms with Crippen LogP contribution >= 0.6 is 12.2 Å². The molecule has 23 heavy (non-hydrogen) atoms. The predicted molar refractivity (Wildman–Crippen MR) is 94.1 cm³/mol. The van der Waals surface area contributed by atoms with Crippen LogP contribution in [0.25, 0.3) is 11.0 Å². The average molecular weight is 325 g/mol. The van der Waals surface area contributed by atoms with Gasteiger partial charge in [-0.2, -0.15) is 0 Å². The maximum Gasteiger partial charge on any atom is 0.257 e. The van der Waals surface area contributed by atoms with Gasteiger partial charge in [-0.3, -0.25) is 21.0 Å². The first-order chi connectivity index (χ1) is 11.1. The summed E-state index contributed by atoms with van der Waals surface area (Å²) >= 11 is 5.09. The lowest BCUT2D eigenvalue weighted by molar-refractivity contribution is 0.0977. The number of aromatic amines is 1. The van der Waals surface area contributed by atoms with Gasteiger partial charge in [-0.25, -0.2) is 4.98 Å². The van der Waals surface area contributed by atoms with Crippen molar-refractivity contribution in [2.75, 3.05) is 5.43 Å². The molecule has 0 radical (unpaired) electrons. The van der Waals surface area contributed by atoms with Gasteiger partial charge in [-0.1, -0.05) is 29.8 Å². The van der Waals surface area contributed by atoms with Gasteiger partial charge < -0.3 is 4.98 Å². The summed E-state index contributed by atoms with van der Waals surface area (Å²) in [5.74, 6) is 0.243. The second-order valence-corrected chi connectivity index (χ2v) is 5.41. The molecule has 0 aliphatic carbocycles. The Bertz CT molecular complexity index is 823. The third-order valence-corrected chi connectivity index (χ3v) is 3.43. The van der Waals surface area contributed by atoms with Crippen LogP contribution in [0.2, 0.25) is 0 Å². The SMILES string of the molecule is Cc1ccc(C(=O)NC(=S)NNc2nc3ccccc3[nH]2)cc1. The molecule has 4 N–H and O–H groups in total. The molecule has 2 aromatic carbocycles. The van der Waals surface area contributed by atoms with Crippen molar-refractivity contribution in [1.29, 1.82) is 0 Å². The number of anilines is 1. The number of para-hydroxylation sites is 2. The largest absolute Gasteiger partial charge is 0.323 e. The molecular formula is C16H15N5OS. The van der Waals surface area contributed by atoms with Crippen molar-refractivity contribution >= 4 is 40.2 Å². The lowest BCUT2D eigenvalue weighted by Gasteiger charge is -2.09. The Morgan fingerprint density at radius 1 is 1.13 bits per heavy atom. The van der Waals surface area contributed by atoms with Crippen LogP contribution in [0.3, 0.4) is 0 Å². The summed E-state index contributed by atoms with van der Waals surface area (Å²) in [5, 5.41) is 2.76. The third kappa shape index (κ3) is 3.64. The number of hydrogen-bond acceptors (Lipinski definition) is 4. The second kappa shape index (κ2) is 6.45. The number of thiocarbonyl (C=S) groups is 1. The van der Waals surface area contributed by atoms with Crippen molar-refractivity contribution < 1.29 is 4.79 Å². The highest BCUT2D eigenvalue weighted by Crippen LogP contribution is 2.12. The predicted octanol–water partition coefficient (Wildman–Crippen LogP) is 2.50. The molecular weight excluding hydrogens is 310 g/mol. The normalized spacial score (nSPS) is 10.3. The number of imidazole rings is 1. The van der Waals surface area contributed by atoms with Gasteiger partial charge in [0, 0.05) is 5.56 Å². The van der Waals surface area contributed by atoms with E-state index in [-0.39, 0.29) is 11.0 Å². The molecule has 0 bridgehead atoms. The molecule has 0 atom stereocenters. The fourth-order valence-corrected chi connectivity index (χ4v) is 2.18. The van der Waals surface area contributed by atoms with Gasteiger partial charge in [0.15, 0.2) is 5.11 Å². The lowest BCUT2D eigenvalue weighted by atomic mass is 10.1. The highest BCUT2D eigenvalue weighted by Gasteiger charge is 2.08. The zero-order valence-corrected chi connectivity index (χ0v) is 13.2. The number of aryl methyl sites for hydroxylation is 1. The molecule has 3 aromatic rings. The molecule has 0 fully saturated rings. The summed E-state index contributed by atoms with van der Waals surface area (Å²) in [5.41, 5.74) is 8.94. The first kappa shape index (κ1) is 15.0. The van der Waals surface area contributed by atoms with Crippen LogP contribution in [0.4, 0.5) is 5.95 Å². The van der Waals surface area contributed by atoms with Gasteiger partial charge in [0.05, 0.1) is 11.0 Å². The molecule has 0 saturated carbocycles. The van der Waals surface area contributed by atoms with Crippen LogP contribution in [0, 0.1) is 6.92 Å². The summed E-state index contributed by atoms with van der Waals surface area (Å²) in [6, 6.07) is 14.9. The molecule has 1 aromatic heterocycles. The molecule has 1 heterocycles. The number of nitrogens with zero attached hydrogens (tertiary/aromatic N) is 1. The second-order valence-electron chi connectivity index (χ2n) is 5.00. The number of hydrazine groups is 1. The topological polar surface area (TPSA) is 81.8 Å². The van der Waals surface area contributed by atoms with Crippen molar-refractivity contribution in [3.8, 4) is 0 Å². The fourth-order valence-electron chi connectivity index (χ4n) is 2.04. The van der Waals surface area contributed by atoms with Crippen LogP contribution in [0.15, 0.2) is 48.5 Å². The van der Waals surface area contributed by atoms with Crippen molar-refractivity contribution in [2.24, 2.45) is 0 Å². The molecule has 3 rings (SSSR count). The van der Waals surface area contributed by atoms with Crippen LogP contribution in [0.1, 0.15) is 15.9 Å². The molecule has 0 aliphatic rings. The molecule has 116 valence electrons. The lowest BCUT2D eigenvalue weighted by Crippen LogP contribution is -2.42. The number of H-pyrrole nitrogens is 1. The maximum absolute atomic E-state index is 12.0. The summed E-state index contributed by atoms with van der Waals surface area (Å²) in [6.45, 7) is 1.96. The van der Waals surface area contributed by atoms with Gasteiger partial charge in [0.2, 0.25) is 5.95 Å². The van der Waals surface area contributed by atoms with E-state index in [0.29, 0.717) is 11.5 Å². The van der Waals surface area contributed by atoms with Crippen molar-refractivity contribution in [3.05, 3.63) is 59.7 Å². The zero-order valence-electron chi connectivity index (χ0n) is 12.4. The van der Waals surface area contributed by atoms with E-state index in [4.69, 9.17) is 12.2 Å².